The van der Waals surface area contributed by atoms with Crippen molar-refractivity contribution in [1.29, 1.82) is 0 Å². The van der Waals surface area contributed by atoms with Crippen molar-refractivity contribution in [2.45, 2.75) is 11.0 Å². The van der Waals surface area contributed by atoms with Crippen molar-refractivity contribution in [3.8, 4) is 5.75 Å². The Bertz CT molecular complexity index is 688. The topological polar surface area (TPSA) is 131 Å². The predicted octanol–water partition coefficient (Wildman–Crippen LogP) is -0.567. The van der Waals surface area contributed by atoms with E-state index >= 15 is 0 Å². The van der Waals surface area contributed by atoms with Crippen LogP contribution in [0.2, 0.25) is 0 Å². The number of carbonyl (C=O) groups is 2. The van der Waals surface area contributed by atoms with Gasteiger partial charge in [-0.3, -0.25) is 4.79 Å². The van der Waals surface area contributed by atoms with Crippen molar-refractivity contribution < 1.29 is 32.6 Å². The van der Waals surface area contributed by atoms with Gasteiger partial charge in [0.15, 0.2) is 6.10 Å². The quantitative estimate of drug-likeness (QED) is 0.574. The summed E-state index contributed by atoms with van der Waals surface area (Å²) in [5.74, 6) is -1.78. The monoisotopic (exact) mass is 346 g/mol. The Morgan fingerprint density at radius 2 is 1.96 bits per heavy atom. The van der Waals surface area contributed by atoms with E-state index in [0.29, 0.717) is 0 Å². The van der Waals surface area contributed by atoms with E-state index in [4.69, 9.17) is 9.84 Å². The average Bonchev–Trinajstić information content (AvgIpc) is 2.54. The van der Waals surface area contributed by atoms with Crippen molar-refractivity contribution >= 4 is 21.9 Å². The van der Waals surface area contributed by atoms with Crippen LogP contribution in [0.3, 0.4) is 0 Å². The van der Waals surface area contributed by atoms with Gasteiger partial charge in [0.25, 0.3) is 5.91 Å². The molecule has 0 saturated heterocycles. The number of amides is 1. The number of hydrogen-bond donors (Lipinski definition) is 3. The first-order valence-electron chi connectivity index (χ1n) is 6.42. The number of carboxylic acid groups (broad SMARTS) is 1. The van der Waals surface area contributed by atoms with Crippen LogP contribution >= 0.6 is 0 Å². The maximum atomic E-state index is 12.0. The lowest BCUT2D eigenvalue weighted by Crippen LogP contribution is -2.37. The molecular formula is C13H18N2O7S. The number of hydrogen-bond acceptors (Lipinski definition) is 6. The van der Waals surface area contributed by atoms with Gasteiger partial charge in [0.1, 0.15) is 10.6 Å². The average molecular weight is 346 g/mol. The van der Waals surface area contributed by atoms with Gasteiger partial charge in [0.2, 0.25) is 10.0 Å². The normalized spacial score (nSPS) is 12.5. The third-order valence-electron chi connectivity index (χ3n) is 2.99. The van der Waals surface area contributed by atoms with E-state index in [9.17, 15) is 18.0 Å². The predicted molar refractivity (Wildman–Crippen MR) is 80.0 cm³/mol. The van der Waals surface area contributed by atoms with Crippen molar-refractivity contribution in [2.24, 2.45) is 0 Å². The minimum atomic E-state index is -3.82. The van der Waals surface area contributed by atoms with E-state index in [1.165, 1.54) is 33.4 Å². The number of ether oxygens (including phenoxy) is 2. The van der Waals surface area contributed by atoms with Crippen molar-refractivity contribution in [3.05, 3.63) is 23.8 Å². The molecule has 1 rings (SSSR count). The van der Waals surface area contributed by atoms with E-state index < -0.39 is 28.0 Å². The number of rotatable bonds is 8. The highest BCUT2D eigenvalue weighted by atomic mass is 32.2. The first-order chi connectivity index (χ1) is 10.8. The fourth-order valence-electron chi connectivity index (χ4n) is 1.70. The van der Waals surface area contributed by atoms with Crippen LogP contribution in [0, 0.1) is 0 Å². The van der Waals surface area contributed by atoms with Crippen LogP contribution in [-0.4, -0.2) is 59.3 Å². The molecule has 0 heterocycles. The van der Waals surface area contributed by atoms with Gasteiger partial charge in [0, 0.05) is 12.7 Å². The van der Waals surface area contributed by atoms with Crippen LogP contribution in [0.5, 0.6) is 5.75 Å². The van der Waals surface area contributed by atoms with Crippen LogP contribution in [0.15, 0.2) is 23.1 Å². The first-order valence-corrected chi connectivity index (χ1v) is 7.90. The molecule has 0 radical (unpaired) electrons. The van der Waals surface area contributed by atoms with Crippen LogP contribution < -0.4 is 14.8 Å². The number of sulfonamides is 1. The lowest BCUT2D eigenvalue weighted by molar-refractivity contribution is -0.148. The molecule has 0 saturated carbocycles. The summed E-state index contributed by atoms with van der Waals surface area (Å²) < 4.78 is 35.7. The summed E-state index contributed by atoms with van der Waals surface area (Å²) >= 11 is 0. The van der Waals surface area contributed by atoms with Gasteiger partial charge < -0.3 is 19.9 Å². The number of benzene rings is 1. The maximum absolute atomic E-state index is 12.0. The number of carboxylic acids is 1. The minimum Gasteiger partial charge on any atom is -0.495 e. The lowest BCUT2D eigenvalue weighted by Gasteiger charge is -2.13. The SMILES string of the molecule is CNS(=O)(=O)c1cc(C(=O)NCC(OC)C(=O)O)ccc1OC. The van der Waals surface area contributed by atoms with E-state index in [1.54, 1.807) is 0 Å². The Balaban J connectivity index is 3.03. The Hall–Kier alpha value is -2.17. The van der Waals surface area contributed by atoms with Gasteiger partial charge in [-0.05, 0) is 25.2 Å². The molecule has 3 N–H and O–H groups in total. The summed E-state index contributed by atoms with van der Waals surface area (Å²) in [5, 5.41) is 11.2. The molecule has 0 spiro atoms. The molecule has 9 nitrogen and oxygen atoms in total. The van der Waals surface area contributed by atoms with E-state index in [-0.39, 0.29) is 22.8 Å². The Morgan fingerprint density at radius 3 is 2.43 bits per heavy atom. The molecule has 1 amide bonds. The van der Waals surface area contributed by atoms with Crippen molar-refractivity contribution in [2.75, 3.05) is 27.8 Å². The molecule has 0 aliphatic heterocycles. The van der Waals surface area contributed by atoms with Gasteiger partial charge >= 0.3 is 5.97 Å². The van der Waals surface area contributed by atoms with E-state index in [0.717, 1.165) is 6.07 Å². The summed E-state index contributed by atoms with van der Waals surface area (Å²) in [6, 6.07) is 3.85. The number of aliphatic carboxylic acids is 1. The molecule has 0 aliphatic rings. The number of carbonyl (C=O) groups excluding carboxylic acids is 1. The standard InChI is InChI=1S/C13H18N2O7S/c1-14-23(19,20)11-6-8(4-5-9(11)21-2)12(16)15-7-10(22-3)13(17)18/h4-6,10,14H,7H2,1-3H3,(H,15,16)(H,17,18). The van der Waals surface area contributed by atoms with Gasteiger partial charge in [-0.25, -0.2) is 17.9 Å². The second kappa shape index (κ2) is 7.90. The van der Waals surface area contributed by atoms with Gasteiger partial charge in [0.05, 0.1) is 13.7 Å². The van der Waals surface area contributed by atoms with Gasteiger partial charge in [-0.1, -0.05) is 0 Å². The highest BCUT2D eigenvalue weighted by molar-refractivity contribution is 7.89. The largest absolute Gasteiger partial charge is 0.495 e. The molecular weight excluding hydrogens is 328 g/mol. The Labute approximate surface area is 133 Å². The van der Waals surface area contributed by atoms with Crippen LogP contribution in [0.25, 0.3) is 0 Å². The molecule has 0 aromatic heterocycles. The fourth-order valence-corrected chi connectivity index (χ4v) is 2.62. The molecule has 0 aliphatic carbocycles. The third kappa shape index (κ3) is 4.65. The summed E-state index contributed by atoms with van der Waals surface area (Å²) in [7, 11) is -0.0768. The smallest absolute Gasteiger partial charge is 0.334 e. The van der Waals surface area contributed by atoms with Gasteiger partial charge in [-0.15, -0.1) is 0 Å². The second-order valence-electron chi connectivity index (χ2n) is 4.35. The zero-order valence-corrected chi connectivity index (χ0v) is 13.6. The molecule has 10 heteroatoms. The fraction of sp³-hybridized carbons (Fsp3) is 0.385. The zero-order chi connectivity index (χ0) is 17.6. The highest BCUT2D eigenvalue weighted by Gasteiger charge is 2.21. The summed E-state index contributed by atoms with van der Waals surface area (Å²) in [4.78, 5) is 22.6. The Kier molecular flexibility index (Phi) is 6.49. The molecule has 0 bridgehead atoms. The van der Waals surface area contributed by atoms with Crippen LogP contribution in [-0.2, 0) is 19.6 Å². The Morgan fingerprint density at radius 1 is 1.30 bits per heavy atom. The molecule has 1 atom stereocenters. The summed E-state index contributed by atoms with van der Waals surface area (Å²) in [6.45, 7) is -0.259. The molecule has 128 valence electrons. The van der Waals surface area contributed by atoms with E-state index in [1.807, 2.05) is 0 Å². The third-order valence-corrected chi connectivity index (χ3v) is 4.43. The van der Waals surface area contributed by atoms with Crippen LogP contribution in [0.1, 0.15) is 10.4 Å². The van der Waals surface area contributed by atoms with Crippen molar-refractivity contribution in [1.82, 2.24) is 10.0 Å². The summed E-state index contributed by atoms with van der Waals surface area (Å²) in [5.41, 5.74) is 0.0415. The number of methoxy groups -OCH3 is 2. The molecule has 1 aromatic rings. The summed E-state index contributed by atoms with van der Waals surface area (Å²) in [6.07, 6.45) is -1.20. The molecule has 23 heavy (non-hydrogen) atoms. The van der Waals surface area contributed by atoms with E-state index in [2.05, 4.69) is 14.8 Å². The molecule has 1 aromatic carbocycles. The van der Waals surface area contributed by atoms with Crippen LogP contribution in [0.4, 0.5) is 0 Å². The second-order valence-corrected chi connectivity index (χ2v) is 6.20. The van der Waals surface area contributed by atoms with Gasteiger partial charge in [-0.2, -0.15) is 0 Å². The highest BCUT2D eigenvalue weighted by Crippen LogP contribution is 2.24. The zero-order valence-electron chi connectivity index (χ0n) is 12.8. The number of nitrogens with one attached hydrogen (secondary N) is 2. The maximum Gasteiger partial charge on any atom is 0.334 e. The lowest BCUT2D eigenvalue weighted by atomic mass is 10.2. The molecule has 1 unspecified atom stereocenters. The molecule has 0 fully saturated rings. The first kappa shape index (κ1) is 18.9. The van der Waals surface area contributed by atoms with Crippen molar-refractivity contribution in [3.63, 3.8) is 0 Å². The minimum absolute atomic E-state index is 0.0415.